The molecule has 0 unspecified atom stereocenters. The number of hydrogen-bond acceptors (Lipinski definition) is 4. The maximum atomic E-state index is 11.1. The van der Waals surface area contributed by atoms with Crippen LogP contribution in [0.5, 0.6) is 0 Å². The van der Waals surface area contributed by atoms with Gasteiger partial charge in [-0.05, 0) is 61.7 Å². The molecule has 4 rings (SSSR count). The maximum Gasteiger partial charge on any atom is 0.183 e. The minimum atomic E-state index is -0.239. The Kier molecular flexibility index (Phi) is 3.19. The lowest BCUT2D eigenvalue weighted by molar-refractivity contribution is -0.111. The predicted molar refractivity (Wildman–Crippen MR) is 73.9 cm³/mol. The SMILES string of the molecule is CC(=O)/C(C=NCC12CC3CC(CC(C3)C1)C2)=N\O. The second kappa shape index (κ2) is 4.73. The van der Waals surface area contributed by atoms with Crippen molar-refractivity contribution in [1.29, 1.82) is 0 Å². The molecule has 0 aromatic heterocycles. The smallest absolute Gasteiger partial charge is 0.183 e. The maximum absolute atomic E-state index is 11.1. The van der Waals surface area contributed by atoms with Crippen molar-refractivity contribution in [2.24, 2.45) is 33.3 Å². The molecule has 4 aliphatic rings. The van der Waals surface area contributed by atoms with Crippen molar-refractivity contribution in [3.63, 3.8) is 0 Å². The van der Waals surface area contributed by atoms with Crippen LogP contribution in [0, 0.1) is 23.2 Å². The molecule has 0 aliphatic heterocycles. The van der Waals surface area contributed by atoms with Crippen LogP contribution in [-0.4, -0.2) is 29.5 Å². The van der Waals surface area contributed by atoms with E-state index in [0.717, 1.165) is 24.3 Å². The van der Waals surface area contributed by atoms with Crippen molar-refractivity contribution in [3.8, 4) is 0 Å². The second-order valence-corrected chi connectivity index (χ2v) is 6.93. The fourth-order valence-corrected chi connectivity index (χ4v) is 5.00. The van der Waals surface area contributed by atoms with Gasteiger partial charge in [0.2, 0.25) is 0 Å². The Hall–Kier alpha value is -1.19. The van der Waals surface area contributed by atoms with Gasteiger partial charge in [-0.1, -0.05) is 5.16 Å². The third-order valence-electron chi connectivity index (χ3n) is 5.27. The number of ketones is 1. The van der Waals surface area contributed by atoms with Crippen LogP contribution in [0.2, 0.25) is 0 Å². The standard InChI is InChI=1S/C15H22N2O2/c1-10(18)14(17-19)8-16-9-15-5-11-2-12(6-15)4-13(3-11)7-15/h8,11-13,19H,2-7,9H2,1H3/b16-8?,17-14-. The van der Waals surface area contributed by atoms with Gasteiger partial charge in [-0.15, -0.1) is 0 Å². The highest BCUT2D eigenvalue weighted by molar-refractivity contribution is 6.60. The third kappa shape index (κ3) is 2.45. The molecule has 0 atom stereocenters. The molecule has 0 aromatic rings. The number of hydrogen-bond donors (Lipinski definition) is 1. The van der Waals surface area contributed by atoms with Crippen molar-refractivity contribution >= 4 is 17.7 Å². The van der Waals surface area contributed by atoms with E-state index in [1.165, 1.54) is 51.7 Å². The Morgan fingerprint density at radius 3 is 2.16 bits per heavy atom. The van der Waals surface area contributed by atoms with Crippen LogP contribution in [0.4, 0.5) is 0 Å². The summed E-state index contributed by atoms with van der Waals surface area (Å²) in [5.74, 6) is 2.51. The van der Waals surface area contributed by atoms with Gasteiger partial charge in [0, 0.05) is 13.5 Å². The molecular formula is C15H22N2O2. The summed E-state index contributed by atoms with van der Waals surface area (Å²) in [6, 6.07) is 0. The number of rotatable bonds is 4. The van der Waals surface area contributed by atoms with Gasteiger partial charge < -0.3 is 5.21 Å². The van der Waals surface area contributed by atoms with Gasteiger partial charge in [0.05, 0.1) is 6.21 Å². The van der Waals surface area contributed by atoms with E-state index in [1.54, 1.807) is 0 Å². The molecule has 4 nitrogen and oxygen atoms in total. The molecule has 0 radical (unpaired) electrons. The van der Waals surface area contributed by atoms with Crippen LogP contribution in [-0.2, 0) is 4.79 Å². The molecule has 0 saturated heterocycles. The number of aliphatic imine (C=N–C) groups is 1. The normalized spacial score (nSPS) is 41.1. The van der Waals surface area contributed by atoms with E-state index in [0.29, 0.717) is 5.41 Å². The average molecular weight is 262 g/mol. The van der Waals surface area contributed by atoms with Crippen LogP contribution in [0.3, 0.4) is 0 Å². The fraction of sp³-hybridized carbons (Fsp3) is 0.800. The van der Waals surface area contributed by atoms with Crippen LogP contribution >= 0.6 is 0 Å². The largest absolute Gasteiger partial charge is 0.410 e. The van der Waals surface area contributed by atoms with Crippen LogP contribution in [0.15, 0.2) is 10.1 Å². The first-order valence-electron chi connectivity index (χ1n) is 7.33. The van der Waals surface area contributed by atoms with E-state index in [4.69, 9.17) is 5.21 Å². The number of carbonyl (C=O) groups excluding carboxylic acids is 1. The zero-order valence-corrected chi connectivity index (χ0v) is 11.5. The number of carbonyl (C=O) groups is 1. The summed E-state index contributed by atoms with van der Waals surface area (Å²) in [5, 5.41) is 11.7. The van der Waals surface area contributed by atoms with Crippen molar-refractivity contribution in [2.45, 2.75) is 45.4 Å². The first-order chi connectivity index (χ1) is 9.10. The molecule has 104 valence electrons. The highest BCUT2D eigenvalue weighted by Gasteiger charge is 2.50. The molecule has 1 N–H and O–H groups in total. The summed E-state index contributed by atoms with van der Waals surface area (Å²) in [5.41, 5.74) is 0.438. The monoisotopic (exact) mass is 262 g/mol. The molecule has 0 heterocycles. The Labute approximate surface area is 114 Å². The minimum absolute atomic E-state index is 0.0599. The lowest BCUT2D eigenvalue weighted by atomic mass is 9.49. The first-order valence-corrected chi connectivity index (χ1v) is 7.33. The molecule has 19 heavy (non-hydrogen) atoms. The Bertz CT molecular complexity index is 404. The van der Waals surface area contributed by atoms with E-state index in [1.807, 2.05) is 0 Å². The molecule has 4 saturated carbocycles. The minimum Gasteiger partial charge on any atom is -0.410 e. The van der Waals surface area contributed by atoms with Gasteiger partial charge in [0.25, 0.3) is 0 Å². The van der Waals surface area contributed by atoms with Crippen molar-refractivity contribution in [2.75, 3.05) is 6.54 Å². The van der Waals surface area contributed by atoms with E-state index in [-0.39, 0.29) is 11.5 Å². The van der Waals surface area contributed by atoms with Crippen LogP contribution in [0.1, 0.15) is 45.4 Å². The van der Waals surface area contributed by atoms with Gasteiger partial charge in [-0.25, -0.2) is 0 Å². The van der Waals surface area contributed by atoms with Gasteiger partial charge in [-0.2, -0.15) is 0 Å². The highest BCUT2D eigenvalue weighted by Crippen LogP contribution is 2.59. The zero-order valence-electron chi connectivity index (χ0n) is 11.5. The summed E-state index contributed by atoms with van der Waals surface area (Å²) in [6.45, 7) is 2.19. The second-order valence-electron chi connectivity index (χ2n) is 6.93. The van der Waals surface area contributed by atoms with E-state index < -0.39 is 0 Å². The summed E-state index contributed by atoms with van der Waals surface area (Å²) in [7, 11) is 0. The lowest BCUT2D eigenvalue weighted by Gasteiger charge is -2.56. The average Bonchev–Trinajstić information content (AvgIpc) is 2.32. The highest BCUT2D eigenvalue weighted by atomic mass is 16.4. The van der Waals surface area contributed by atoms with Gasteiger partial charge in [-0.3, -0.25) is 9.79 Å². The zero-order chi connectivity index (χ0) is 13.5. The van der Waals surface area contributed by atoms with Crippen LogP contribution < -0.4 is 0 Å². The quantitative estimate of drug-likeness (QED) is 0.481. The molecule has 4 aliphatic carbocycles. The summed E-state index contributed by atoms with van der Waals surface area (Å²) >= 11 is 0. The molecule has 0 amide bonds. The van der Waals surface area contributed by atoms with Gasteiger partial charge >= 0.3 is 0 Å². The Balaban J connectivity index is 1.67. The molecule has 0 spiro atoms. The topological polar surface area (TPSA) is 62.0 Å². The molecule has 4 bridgehead atoms. The number of Topliss-reactive ketones (excluding diaryl/α,β-unsaturated/α-hetero) is 1. The number of nitrogens with zero attached hydrogens (tertiary/aromatic N) is 2. The summed E-state index contributed by atoms with van der Waals surface area (Å²) in [6.07, 6.45) is 9.66. The van der Waals surface area contributed by atoms with E-state index >= 15 is 0 Å². The van der Waals surface area contributed by atoms with Gasteiger partial charge in [0.15, 0.2) is 11.5 Å². The third-order valence-corrected chi connectivity index (χ3v) is 5.27. The fourth-order valence-electron chi connectivity index (χ4n) is 5.00. The van der Waals surface area contributed by atoms with Crippen molar-refractivity contribution in [3.05, 3.63) is 0 Å². The Morgan fingerprint density at radius 2 is 1.74 bits per heavy atom. The first kappa shape index (κ1) is 12.8. The molecule has 4 fully saturated rings. The summed E-state index contributed by atoms with van der Waals surface area (Å²) in [4.78, 5) is 15.6. The van der Waals surface area contributed by atoms with E-state index in [2.05, 4.69) is 10.1 Å². The van der Waals surface area contributed by atoms with Gasteiger partial charge in [0.1, 0.15) is 0 Å². The predicted octanol–water partition coefficient (Wildman–Crippen LogP) is 2.69. The number of oxime groups is 1. The summed E-state index contributed by atoms with van der Waals surface area (Å²) < 4.78 is 0. The lowest BCUT2D eigenvalue weighted by Crippen LogP contribution is -2.47. The molecule has 0 aromatic carbocycles. The van der Waals surface area contributed by atoms with Crippen LogP contribution in [0.25, 0.3) is 0 Å². The molecule has 4 heteroatoms. The Morgan fingerprint density at radius 1 is 1.21 bits per heavy atom. The van der Waals surface area contributed by atoms with E-state index in [9.17, 15) is 4.79 Å². The van der Waals surface area contributed by atoms with Crippen molar-refractivity contribution in [1.82, 2.24) is 0 Å². The molecular weight excluding hydrogens is 240 g/mol. The van der Waals surface area contributed by atoms with Crippen molar-refractivity contribution < 1.29 is 10.0 Å².